The predicted molar refractivity (Wildman–Crippen MR) is 134 cm³/mol. The predicted octanol–water partition coefficient (Wildman–Crippen LogP) is 6.71. The highest BCUT2D eigenvalue weighted by Crippen LogP contribution is 2.28. The van der Waals surface area contributed by atoms with E-state index in [0.29, 0.717) is 10.2 Å². The first kappa shape index (κ1) is 22.8. The lowest BCUT2D eigenvalue weighted by Gasteiger charge is -2.20. The molecule has 0 saturated heterocycles. The van der Waals surface area contributed by atoms with Gasteiger partial charge < -0.3 is 10.6 Å². The third kappa shape index (κ3) is 6.34. The van der Waals surface area contributed by atoms with E-state index in [2.05, 4.69) is 15.6 Å². The van der Waals surface area contributed by atoms with Crippen molar-refractivity contribution in [2.24, 2.45) is 5.92 Å². The molecule has 0 radical (unpaired) electrons. The van der Waals surface area contributed by atoms with Gasteiger partial charge >= 0.3 is 0 Å². The number of halogens is 1. The van der Waals surface area contributed by atoms with Crippen LogP contribution in [0, 0.1) is 5.92 Å². The van der Waals surface area contributed by atoms with Crippen molar-refractivity contribution in [1.29, 1.82) is 0 Å². The second kappa shape index (κ2) is 11.0. The lowest BCUT2D eigenvalue weighted by molar-refractivity contribution is -0.120. The molecule has 4 rings (SSSR count). The maximum absolute atomic E-state index is 12.4. The van der Waals surface area contributed by atoms with E-state index in [0.717, 1.165) is 47.5 Å². The molecule has 32 heavy (non-hydrogen) atoms. The number of aromatic nitrogens is 1. The first-order chi connectivity index (χ1) is 15.6. The van der Waals surface area contributed by atoms with Gasteiger partial charge in [0.2, 0.25) is 11.8 Å². The van der Waals surface area contributed by atoms with Crippen LogP contribution in [0.4, 0.5) is 10.8 Å². The number of nitrogens with zero attached hydrogens (tertiary/aromatic N) is 1. The van der Waals surface area contributed by atoms with Gasteiger partial charge in [0.25, 0.3) is 0 Å². The summed E-state index contributed by atoms with van der Waals surface area (Å²) in [6.07, 6.45) is 5.47. The third-order valence-corrected chi connectivity index (χ3v) is 7.38. The van der Waals surface area contributed by atoms with E-state index < -0.39 is 0 Å². The van der Waals surface area contributed by atoms with Gasteiger partial charge in [-0.15, -0.1) is 23.1 Å². The number of carbonyl (C=O) groups excluding carboxylic acids is 2. The van der Waals surface area contributed by atoms with E-state index in [-0.39, 0.29) is 23.5 Å². The lowest BCUT2D eigenvalue weighted by atomic mass is 9.88. The Hall–Kier alpha value is -2.35. The molecule has 8 heteroatoms. The summed E-state index contributed by atoms with van der Waals surface area (Å²) in [6, 6.07) is 15.1. The number of anilines is 2. The number of hydrogen-bond donors (Lipinski definition) is 2. The van der Waals surface area contributed by atoms with E-state index >= 15 is 0 Å². The summed E-state index contributed by atoms with van der Waals surface area (Å²) in [5.74, 6) is 0.420. The fourth-order valence-electron chi connectivity index (χ4n) is 3.63. The van der Waals surface area contributed by atoms with E-state index in [1.54, 1.807) is 0 Å². The molecule has 0 spiro atoms. The normalized spacial score (nSPS) is 14.2. The number of amides is 2. The number of carbonyl (C=O) groups is 2. The zero-order valence-electron chi connectivity index (χ0n) is 17.5. The zero-order valence-corrected chi connectivity index (χ0v) is 19.9. The molecule has 1 aliphatic rings. The van der Waals surface area contributed by atoms with Gasteiger partial charge in [-0.1, -0.05) is 43.0 Å². The van der Waals surface area contributed by atoms with Crippen LogP contribution in [0.15, 0.2) is 58.8 Å². The van der Waals surface area contributed by atoms with Gasteiger partial charge in [-0.25, -0.2) is 4.98 Å². The number of hydrogen-bond acceptors (Lipinski definition) is 5. The molecule has 1 heterocycles. The minimum Gasteiger partial charge on any atom is -0.326 e. The maximum Gasteiger partial charge on any atom is 0.236 e. The van der Waals surface area contributed by atoms with Crippen LogP contribution in [0.5, 0.6) is 0 Å². The average molecular weight is 486 g/mol. The molecule has 1 fully saturated rings. The quantitative estimate of drug-likeness (QED) is 0.364. The van der Waals surface area contributed by atoms with Crippen LogP contribution in [0.25, 0.3) is 11.3 Å². The molecule has 5 nitrogen and oxygen atoms in total. The molecule has 0 bridgehead atoms. The van der Waals surface area contributed by atoms with Crippen molar-refractivity contribution in [2.75, 3.05) is 16.4 Å². The van der Waals surface area contributed by atoms with E-state index in [1.165, 1.54) is 29.5 Å². The van der Waals surface area contributed by atoms with Crippen LogP contribution in [0.2, 0.25) is 5.02 Å². The van der Waals surface area contributed by atoms with E-state index in [9.17, 15) is 9.59 Å². The van der Waals surface area contributed by atoms with Crippen molar-refractivity contribution in [2.45, 2.75) is 37.0 Å². The Morgan fingerprint density at radius 2 is 1.72 bits per heavy atom. The number of rotatable bonds is 7. The fraction of sp³-hybridized carbons (Fsp3) is 0.292. The lowest BCUT2D eigenvalue weighted by Crippen LogP contribution is -2.24. The van der Waals surface area contributed by atoms with Gasteiger partial charge in [-0.2, -0.15) is 0 Å². The van der Waals surface area contributed by atoms with Gasteiger partial charge in [-0.3, -0.25) is 9.59 Å². The molecule has 3 aromatic rings. The highest BCUT2D eigenvalue weighted by Gasteiger charge is 2.21. The Bertz CT molecular complexity index is 1060. The number of thioether (sulfide) groups is 1. The summed E-state index contributed by atoms with van der Waals surface area (Å²) in [4.78, 5) is 30.1. The summed E-state index contributed by atoms with van der Waals surface area (Å²) >= 11 is 8.76. The molecule has 2 amide bonds. The summed E-state index contributed by atoms with van der Waals surface area (Å²) < 4.78 is 0. The van der Waals surface area contributed by atoms with Crippen LogP contribution in [0.1, 0.15) is 32.1 Å². The smallest absolute Gasteiger partial charge is 0.236 e. The molecule has 0 aliphatic heterocycles. The molecule has 166 valence electrons. The molecule has 0 unspecified atom stereocenters. The number of benzene rings is 2. The van der Waals surface area contributed by atoms with Crippen molar-refractivity contribution in [3.05, 3.63) is 58.9 Å². The molecule has 0 atom stereocenters. The first-order valence-electron chi connectivity index (χ1n) is 10.6. The fourth-order valence-corrected chi connectivity index (χ4v) is 5.19. The van der Waals surface area contributed by atoms with Gasteiger partial charge in [0.1, 0.15) is 0 Å². The number of thiazole rings is 1. The average Bonchev–Trinajstić information content (AvgIpc) is 3.28. The molecule has 2 N–H and O–H groups in total. The Morgan fingerprint density at radius 1 is 1.00 bits per heavy atom. The molecular formula is C24H24ClN3O2S2. The number of nitrogens with one attached hydrogen (secondary N) is 2. The maximum atomic E-state index is 12.4. The second-order valence-corrected chi connectivity index (χ2v) is 10.1. The van der Waals surface area contributed by atoms with Gasteiger partial charge in [0.05, 0.1) is 11.4 Å². The topological polar surface area (TPSA) is 71.1 Å². The minimum absolute atomic E-state index is 0.110. The van der Waals surface area contributed by atoms with Crippen molar-refractivity contribution in [1.82, 2.24) is 4.98 Å². The second-order valence-electron chi connectivity index (χ2n) is 7.73. The molecule has 1 saturated carbocycles. The zero-order chi connectivity index (χ0) is 22.3. The monoisotopic (exact) mass is 485 g/mol. The molecule has 2 aromatic carbocycles. The Balaban J connectivity index is 1.24. The van der Waals surface area contributed by atoms with Gasteiger partial charge in [0.15, 0.2) is 5.13 Å². The van der Waals surface area contributed by atoms with E-state index in [1.807, 2.05) is 53.9 Å². The van der Waals surface area contributed by atoms with Crippen LogP contribution in [-0.4, -0.2) is 22.6 Å². The Morgan fingerprint density at radius 3 is 2.44 bits per heavy atom. The van der Waals surface area contributed by atoms with Crippen LogP contribution < -0.4 is 10.6 Å². The van der Waals surface area contributed by atoms with Crippen molar-refractivity contribution < 1.29 is 9.59 Å². The summed E-state index contributed by atoms with van der Waals surface area (Å²) in [5, 5.41) is 9.02. The standard InChI is InChI=1S/C24H24ClN3O2S2/c25-18-8-6-16(7-9-18)21-14-32-24(27-21)28-22(29)15-31-20-12-10-19(11-13-20)26-23(30)17-4-2-1-3-5-17/h6-14,17H,1-5,15H2,(H,26,30)(H,27,28,29). The largest absolute Gasteiger partial charge is 0.326 e. The van der Waals surface area contributed by atoms with Crippen molar-refractivity contribution in [3.63, 3.8) is 0 Å². The molecule has 1 aliphatic carbocycles. The van der Waals surface area contributed by atoms with Gasteiger partial charge in [-0.05, 0) is 49.2 Å². The molecule has 1 aromatic heterocycles. The van der Waals surface area contributed by atoms with Gasteiger partial charge in [0, 0.05) is 32.5 Å². The Labute approximate surface area is 201 Å². The first-order valence-corrected chi connectivity index (χ1v) is 12.9. The SMILES string of the molecule is O=C(CSc1ccc(NC(=O)C2CCCCC2)cc1)Nc1nc(-c2ccc(Cl)cc2)cs1. The van der Waals surface area contributed by atoms with Crippen molar-refractivity contribution in [3.8, 4) is 11.3 Å². The summed E-state index contributed by atoms with van der Waals surface area (Å²) in [6.45, 7) is 0. The van der Waals surface area contributed by atoms with Crippen LogP contribution in [0.3, 0.4) is 0 Å². The Kier molecular flexibility index (Phi) is 7.84. The highest BCUT2D eigenvalue weighted by atomic mass is 35.5. The minimum atomic E-state index is -0.110. The highest BCUT2D eigenvalue weighted by molar-refractivity contribution is 8.00. The van der Waals surface area contributed by atoms with Crippen molar-refractivity contribution >= 4 is 57.3 Å². The molecular weight excluding hydrogens is 462 g/mol. The van der Waals surface area contributed by atoms with E-state index in [4.69, 9.17) is 11.6 Å². The summed E-state index contributed by atoms with van der Waals surface area (Å²) in [7, 11) is 0. The van der Waals surface area contributed by atoms with Crippen LogP contribution >= 0.6 is 34.7 Å². The third-order valence-electron chi connectivity index (χ3n) is 5.36. The van der Waals surface area contributed by atoms with Crippen LogP contribution in [-0.2, 0) is 9.59 Å². The summed E-state index contributed by atoms with van der Waals surface area (Å²) in [5.41, 5.74) is 2.56.